The van der Waals surface area contributed by atoms with Gasteiger partial charge in [0.2, 0.25) is 0 Å². The molecule has 0 amide bonds. The fourth-order valence-corrected chi connectivity index (χ4v) is 2.76. The highest BCUT2D eigenvalue weighted by Gasteiger charge is 2.18. The van der Waals surface area contributed by atoms with Crippen LogP contribution in [0.2, 0.25) is 0 Å². The highest BCUT2D eigenvalue weighted by atomic mass is 79.9. The van der Waals surface area contributed by atoms with Gasteiger partial charge >= 0.3 is 0 Å². The molecule has 96 valence electrons. The van der Waals surface area contributed by atoms with Crippen molar-refractivity contribution >= 4 is 26.8 Å². The summed E-state index contributed by atoms with van der Waals surface area (Å²) in [6.45, 7) is 0. The zero-order valence-corrected chi connectivity index (χ0v) is 12.0. The van der Waals surface area contributed by atoms with Crippen LogP contribution in [0.25, 0.3) is 10.9 Å². The molecule has 2 heterocycles. The summed E-state index contributed by atoms with van der Waals surface area (Å²) in [4.78, 5) is 4.63. The van der Waals surface area contributed by atoms with Gasteiger partial charge in [0.15, 0.2) is 0 Å². The lowest BCUT2D eigenvalue weighted by molar-refractivity contribution is 0.663. The van der Waals surface area contributed by atoms with E-state index in [-0.39, 0.29) is 6.04 Å². The van der Waals surface area contributed by atoms with E-state index in [1.165, 1.54) is 0 Å². The monoisotopic (exact) mass is 316 g/mol. The maximum Gasteiger partial charge on any atom is 0.0908 e. The average Bonchev–Trinajstić information content (AvgIpc) is 2.77. The Morgan fingerprint density at radius 3 is 2.74 bits per heavy atom. The van der Waals surface area contributed by atoms with Crippen molar-refractivity contribution in [1.29, 1.82) is 0 Å². The first-order valence-corrected chi connectivity index (χ1v) is 6.75. The second-order valence-electron chi connectivity index (χ2n) is 4.41. The standard InChI is InChI=1S/C14H13BrN4/c1-19-14(10(15)8-17-19)13(16)12-7-6-9-4-2-3-5-11(9)18-12/h2-8,13H,16H2,1H3. The first-order valence-electron chi connectivity index (χ1n) is 5.95. The highest BCUT2D eigenvalue weighted by Crippen LogP contribution is 2.26. The smallest absolute Gasteiger partial charge is 0.0908 e. The van der Waals surface area contributed by atoms with Crippen molar-refractivity contribution in [3.8, 4) is 0 Å². The molecule has 1 aromatic carbocycles. The number of benzene rings is 1. The highest BCUT2D eigenvalue weighted by molar-refractivity contribution is 9.10. The van der Waals surface area contributed by atoms with Crippen LogP contribution in [-0.4, -0.2) is 14.8 Å². The number of halogens is 1. The number of rotatable bonds is 2. The lowest BCUT2D eigenvalue weighted by Crippen LogP contribution is -2.17. The number of hydrogen-bond acceptors (Lipinski definition) is 3. The third-order valence-electron chi connectivity index (χ3n) is 3.17. The number of fused-ring (bicyclic) bond motifs is 1. The summed E-state index contributed by atoms with van der Waals surface area (Å²) in [6, 6.07) is 11.7. The Bertz CT molecular complexity index is 716. The summed E-state index contributed by atoms with van der Waals surface area (Å²) in [6.07, 6.45) is 1.75. The predicted octanol–water partition coefficient (Wildman–Crippen LogP) is 2.78. The SMILES string of the molecule is Cn1ncc(Br)c1C(N)c1ccc2ccccc2n1. The molecular formula is C14H13BrN4. The van der Waals surface area contributed by atoms with Crippen LogP contribution < -0.4 is 5.73 Å². The maximum atomic E-state index is 6.30. The van der Waals surface area contributed by atoms with E-state index in [0.29, 0.717) is 0 Å². The zero-order chi connectivity index (χ0) is 13.4. The van der Waals surface area contributed by atoms with Gasteiger partial charge in [0.05, 0.1) is 33.6 Å². The Morgan fingerprint density at radius 2 is 2.00 bits per heavy atom. The molecule has 2 N–H and O–H groups in total. The molecule has 0 aliphatic carbocycles. The second-order valence-corrected chi connectivity index (χ2v) is 5.26. The Labute approximate surface area is 119 Å². The number of hydrogen-bond donors (Lipinski definition) is 1. The fraction of sp³-hybridized carbons (Fsp3) is 0.143. The lowest BCUT2D eigenvalue weighted by atomic mass is 10.1. The number of para-hydroxylation sites is 1. The van der Waals surface area contributed by atoms with Gasteiger partial charge in [-0.3, -0.25) is 9.67 Å². The third-order valence-corrected chi connectivity index (χ3v) is 3.78. The average molecular weight is 317 g/mol. The van der Waals surface area contributed by atoms with Gasteiger partial charge in [0.25, 0.3) is 0 Å². The van der Waals surface area contributed by atoms with Crippen molar-refractivity contribution in [2.24, 2.45) is 12.8 Å². The number of aryl methyl sites for hydroxylation is 1. The quantitative estimate of drug-likeness (QED) is 0.791. The minimum atomic E-state index is -0.300. The van der Waals surface area contributed by atoms with Crippen LogP contribution in [0.5, 0.6) is 0 Å². The predicted molar refractivity (Wildman–Crippen MR) is 78.7 cm³/mol. The zero-order valence-electron chi connectivity index (χ0n) is 10.4. The van der Waals surface area contributed by atoms with Gasteiger partial charge in [-0.25, -0.2) is 0 Å². The normalized spacial score (nSPS) is 12.8. The van der Waals surface area contributed by atoms with E-state index in [9.17, 15) is 0 Å². The third kappa shape index (κ3) is 2.15. The second kappa shape index (κ2) is 4.75. The van der Waals surface area contributed by atoms with Crippen molar-refractivity contribution in [1.82, 2.24) is 14.8 Å². The molecule has 3 aromatic rings. The van der Waals surface area contributed by atoms with Crippen LogP contribution in [-0.2, 0) is 7.05 Å². The number of nitrogens with two attached hydrogens (primary N) is 1. The van der Waals surface area contributed by atoms with Crippen LogP contribution >= 0.6 is 15.9 Å². The Balaban J connectivity index is 2.09. The van der Waals surface area contributed by atoms with E-state index in [1.54, 1.807) is 10.9 Å². The molecule has 0 bridgehead atoms. The topological polar surface area (TPSA) is 56.7 Å². The van der Waals surface area contributed by atoms with Crippen molar-refractivity contribution in [2.45, 2.75) is 6.04 Å². The van der Waals surface area contributed by atoms with Gasteiger partial charge in [-0.1, -0.05) is 24.3 Å². The minimum absolute atomic E-state index is 0.300. The molecule has 4 nitrogen and oxygen atoms in total. The Kier molecular flexibility index (Phi) is 3.08. The van der Waals surface area contributed by atoms with E-state index < -0.39 is 0 Å². The van der Waals surface area contributed by atoms with E-state index in [2.05, 4.69) is 26.0 Å². The van der Waals surface area contributed by atoms with Gasteiger partial charge in [-0.15, -0.1) is 0 Å². The molecule has 0 aliphatic heterocycles. The molecule has 0 radical (unpaired) electrons. The molecule has 5 heteroatoms. The van der Waals surface area contributed by atoms with Crippen LogP contribution in [0.3, 0.4) is 0 Å². The fourth-order valence-electron chi connectivity index (χ4n) is 2.17. The molecule has 1 atom stereocenters. The summed E-state index contributed by atoms with van der Waals surface area (Å²) in [5.74, 6) is 0. The van der Waals surface area contributed by atoms with Crippen LogP contribution in [0, 0.1) is 0 Å². The Morgan fingerprint density at radius 1 is 1.21 bits per heavy atom. The Hall–Kier alpha value is -1.72. The van der Waals surface area contributed by atoms with Gasteiger partial charge in [-0.05, 0) is 28.1 Å². The van der Waals surface area contributed by atoms with Gasteiger partial charge in [0.1, 0.15) is 0 Å². The summed E-state index contributed by atoms with van der Waals surface area (Å²) in [7, 11) is 1.88. The molecule has 0 saturated carbocycles. The van der Waals surface area contributed by atoms with Crippen molar-refractivity contribution < 1.29 is 0 Å². The van der Waals surface area contributed by atoms with Crippen LogP contribution in [0.15, 0.2) is 47.1 Å². The minimum Gasteiger partial charge on any atom is -0.318 e. The first kappa shape index (κ1) is 12.3. The molecule has 0 fully saturated rings. The number of nitrogens with zero attached hydrogens (tertiary/aromatic N) is 3. The lowest BCUT2D eigenvalue weighted by Gasteiger charge is -2.13. The van der Waals surface area contributed by atoms with E-state index in [0.717, 1.165) is 26.8 Å². The van der Waals surface area contributed by atoms with Gasteiger partial charge < -0.3 is 5.73 Å². The van der Waals surface area contributed by atoms with Gasteiger partial charge in [0, 0.05) is 12.4 Å². The molecular weight excluding hydrogens is 304 g/mol. The number of pyridine rings is 1. The van der Waals surface area contributed by atoms with Crippen molar-refractivity contribution in [3.63, 3.8) is 0 Å². The molecule has 1 unspecified atom stereocenters. The molecule has 2 aromatic heterocycles. The molecule has 3 rings (SSSR count). The first-order chi connectivity index (χ1) is 9.16. The van der Waals surface area contributed by atoms with Crippen LogP contribution in [0.1, 0.15) is 17.4 Å². The summed E-state index contributed by atoms with van der Waals surface area (Å²) in [5.41, 5.74) is 9.01. The summed E-state index contributed by atoms with van der Waals surface area (Å²) >= 11 is 3.47. The van der Waals surface area contributed by atoms with Crippen molar-refractivity contribution in [3.05, 3.63) is 58.5 Å². The molecule has 0 aliphatic rings. The molecule has 19 heavy (non-hydrogen) atoms. The van der Waals surface area contributed by atoms with Crippen LogP contribution in [0.4, 0.5) is 0 Å². The van der Waals surface area contributed by atoms with E-state index in [4.69, 9.17) is 5.73 Å². The largest absolute Gasteiger partial charge is 0.318 e. The van der Waals surface area contributed by atoms with E-state index in [1.807, 2.05) is 43.4 Å². The van der Waals surface area contributed by atoms with Crippen molar-refractivity contribution in [2.75, 3.05) is 0 Å². The van der Waals surface area contributed by atoms with E-state index >= 15 is 0 Å². The maximum absolute atomic E-state index is 6.30. The summed E-state index contributed by atoms with van der Waals surface area (Å²) in [5, 5.41) is 5.30. The summed E-state index contributed by atoms with van der Waals surface area (Å²) < 4.78 is 2.67. The van der Waals surface area contributed by atoms with Gasteiger partial charge in [-0.2, -0.15) is 5.10 Å². The molecule has 0 saturated heterocycles. The number of aromatic nitrogens is 3. The molecule has 0 spiro atoms.